The second-order valence-electron chi connectivity index (χ2n) is 7.64. The van der Waals surface area contributed by atoms with Gasteiger partial charge in [0.1, 0.15) is 0 Å². The van der Waals surface area contributed by atoms with E-state index in [1.807, 2.05) is 30.7 Å². The number of benzene rings is 1. The van der Waals surface area contributed by atoms with Crippen molar-refractivity contribution < 1.29 is 4.79 Å². The number of nitrogens with one attached hydrogen (secondary N) is 1. The molecule has 1 N–H and O–H groups in total. The highest BCUT2D eigenvalue weighted by molar-refractivity contribution is 8.00. The van der Waals surface area contributed by atoms with E-state index in [-0.39, 0.29) is 11.2 Å². The van der Waals surface area contributed by atoms with Crippen LogP contribution in [0.25, 0.3) is 0 Å². The van der Waals surface area contributed by atoms with E-state index in [4.69, 9.17) is 0 Å². The molecule has 7 heteroatoms. The van der Waals surface area contributed by atoms with Gasteiger partial charge in [0.25, 0.3) is 0 Å². The predicted octanol–water partition coefficient (Wildman–Crippen LogP) is 4.73. The number of para-hydroxylation sites is 1. The van der Waals surface area contributed by atoms with E-state index in [2.05, 4.69) is 40.8 Å². The number of carbonyl (C=O) groups excluding carboxylic acids is 1. The molecule has 2 aromatic rings. The van der Waals surface area contributed by atoms with Gasteiger partial charge in [-0.3, -0.25) is 4.79 Å². The molecule has 0 spiro atoms. The zero-order valence-electron chi connectivity index (χ0n) is 16.6. The van der Waals surface area contributed by atoms with Gasteiger partial charge < -0.3 is 5.32 Å². The number of hydrogen-bond donors (Lipinski definition) is 1. The van der Waals surface area contributed by atoms with Crippen LogP contribution in [0.5, 0.6) is 0 Å². The molecular formula is C20H29N5OS. The molecule has 6 nitrogen and oxygen atoms in total. The lowest BCUT2D eigenvalue weighted by atomic mass is 9.96. The van der Waals surface area contributed by atoms with Gasteiger partial charge in [0.15, 0.2) is 0 Å². The summed E-state index contributed by atoms with van der Waals surface area (Å²) in [5.41, 5.74) is 3.17. The summed E-state index contributed by atoms with van der Waals surface area (Å²) < 4.78 is 1.92. The summed E-state index contributed by atoms with van der Waals surface area (Å²) in [5.74, 6) is 0.330. The Balaban J connectivity index is 1.70. The first-order chi connectivity index (χ1) is 13.0. The van der Waals surface area contributed by atoms with E-state index in [1.54, 1.807) is 0 Å². The van der Waals surface area contributed by atoms with Crippen LogP contribution in [0.2, 0.25) is 0 Å². The number of thioether (sulfide) groups is 1. The smallest absolute Gasteiger partial charge is 0.237 e. The quantitative estimate of drug-likeness (QED) is 0.726. The van der Waals surface area contributed by atoms with Gasteiger partial charge in [-0.1, -0.05) is 63.1 Å². The van der Waals surface area contributed by atoms with Crippen LogP contribution < -0.4 is 5.32 Å². The second kappa shape index (κ2) is 8.87. The first-order valence-electron chi connectivity index (χ1n) is 9.82. The lowest BCUT2D eigenvalue weighted by Crippen LogP contribution is -2.25. The summed E-state index contributed by atoms with van der Waals surface area (Å²) in [7, 11) is 0. The van der Waals surface area contributed by atoms with E-state index >= 15 is 0 Å². The van der Waals surface area contributed by atoms with Crippen LogP contribution in [0.3, 0.4) is 0 Å². The fourth-order valence-electron chi connectivity index (χ4n) is 3.60. The van der Waals surface area contributed by atoms with Crippen LogP contribution in [0.1, 0.15) is 76.0 Å². The number of amides is 1. The van der Waals surface area contributed by atoms with Crippen molar-refractivity contribution >= 4 is 23.4 Å². The summed E-state index contributed by atoms with van der Waals surface area (Å²) >= 11 is 1.43. The van der Waals surface area contributed by atoms with Crippen molar-refractivity contribution in [2.24, 2.45) is 0 Å². The van der Waals surface area contributed by atoms with Gasteiger partial charge in [-0.25, -0.2) is 4.68 Å². The van der Waals surface area contributed by atoms with Crippen molar-refractivity contribution in [3.8, 4) is 0 Å². The van der Waals surface area contributed by atoms with E-state index in [1.165, 1.54) is 31.0 Å². The topological polar surface area (TPSA) is 72.7 Å². The van der Waals surface area contributed by atoms with Crippen molar-refractivity contribution in [1.82, 2.24) is 20.2 Å². The largest absolute Gasteiger partial charge is 0.325 e. The van der Waals surface area contributed by atoms with Crippen LogP contribution in [-0.4, -0.2) is 31.4 Å². The third kappa shape index (κ3) is 4.69. The molecule has 1 atom stereocenters. The molecule has 1 aliphatic carbocycles. The van der Waals surface area contributed by atoms with Gasteiger partial charge in [-0.15, -0.1) is 5.10 Å². The number of hydrogen-bond acceptors (Lipinski definition) is 5. The maximum atomic E-state index is 12.8. The lowest BCUT2D eigenvalue weighted by molar-refractivity contribution is -0.115. The van der Waals surface area contributed by atoms with Crippen LogP contribution >= 0.6 is 11.8 Å². The molecule has 0 radical (unpaired) electrons. The Morgan fingerprint density at radius 3 is 2.67 bits per heavy atom. The molecule has 1 amide bonds. The van der Waals surface area contributed by atoms with E-state index in [0.29, 0.717) is 12.0 Å². The summed E-state index contributed by atoms with van der Waals surface area (Å²) in [6.45, 7) is 8.22. The molecule has 0 aliphatic heterocycles. The molecular weight excluding hydrogens is 358 g/mol. The maximum absolute atomic E-state index is 12.8. The van der Waals surface area contributed by atoms with Gasteiger partial charge in [-0.2, -0.15) is 0 Å². The van der Waals surface area contributed by atoms with Crippen molar-refractivity contribution in [2.45, 2.75) is 82.2 Å². The van der Waals surface area contributed by atoms with Gasteiger partial charge in [-0.05, 0) is 54.2 Å². The molecule has 0 saturated heterocycles. The van der Waals surface area contributed by atoms with Crippen LogP contribution in [0, 0.1) is 6.92 Å². The Hall–Kier alpha value is -1.89. The van der Waals surface area contributed by atoms with Crippen molar-refractivity contribution in [3.63, 3.8) is 0 Å². The third-order valence-corrected chi connectivity index (χ3v) is 6.26. The molecule has 1 aliphatic rings. The molecule has 0 bridgehead atoms. The number of carbonyl (C=O) groups is 1. The Morgan fingerprint density at radius 2 is 1.96 bits per heavy atom. The molecule has 3 rings (SSSR count). The molecule has 146 valence electrons. The average molecular weight is 388 g/mol. The molecule has 1 fully saturated rings. The zero-order chi connectivity index (χ0) is 19.4. The van der Waals surface area contributed by atoms with Gasteiger partial charge >= 0.3 is 0 Å². The predicted molar refractivity (Wildman–Crippen MR) is 109 cm³/mol. The van der Waals surface area contributed by atoms with E-state index in [9.17, 15) is 4.79 Å². The normalized spacial score (nSPS) is 16.5. The SMILES string of the molecule is Cc1cccc(C(C)C)c1NC(=O)C(C)Sc1nnnn1C1CCCCC1. The lowest BCUT2D eigenvalue weighted by Gasteiger charge is -2.22. The monoisotopic (exact) mass is 387 g/mol. The minimum absolute atomic E-state index is 0.0191. The highest BCUT2D eigenvalue weighted by Crippen LogP contribution is 2.32. The Morgan fingerprint density at radius 1 is 1.22 bits per heavy atom. The first kappa shape index (κ1) is 19.9. The Labute approximate surface area is 165 Å². The van der Waals surface area contributed by atoms with Crippen molar-refractivity contribution in [1.29, 1.82) is 0 Å². The van der Waals surface area contributed by atoms with Gasteiger partial charge in [0.2, 0.25) is 11.1 Å². The highest BCUT2D eigenvalue weighted by Gasteiger charge is 2.24. The van der Waals surface area contributed by atoms with E-state index < -0.39 is 0 Å². The molecule has 1 saturated carbocycles. The number of rotatable bonds is 6. The average Bonchev–Trinajstić information content (AvgIpc) is 3.11. The summed E-state index contributed by atoms with van der Waals surface area (Å²) in [6, 6.07) is 6.50. The number of tetrazole rings is 1. The van der Waals surface area contributed by atoms with Crippen LogP contribution in [0.4, 0.5) is 5.69 Å². The fourth-order valence-corrected chi connectivity index (χ4v) is 4.46. The number of aromatic nitrogens is 4. The summed E-state index contributed by atoms with van der Waals surface area (Å²) in [6.07, 6.45) is 5.95. The second-order valence-corrected chi connectivity index (χ2v) is 8.95. The van der Waals surface area contributed by atoms with Gasteiger partial charge in [0, 0.05) is 5.69 Å². The van der Waals surface area contributed by atoms with Crippen molar-refractivity contribution in [2.75, 3.05) is 5.32 Å². The highest BCUT2D eigenvalue weighted by atomic mass is 32.2. The van der Waals surface area contributed by atoms with Crippen LogP contribution in [-0.2, 0) is 4.79 Å². The number of nitrogens with zero attached hydrogens (tertiary/aromatic N) is 4. The van der Waals surface area contributed by atoms with Gasteiger partial charge in [0.05, 0.1) is 11.3 Å². The van der Waals surface area contributed by atoms with E-state index in [0.717, 1.165) is 34.8 Å². The summed E-state index contributed by atoms with van der Waals surface area (Å²) in [4.78, 5) is 12.8. The number of aryl methyl sites for hydroxylation is 1. The molecule has 27 heavy (non-hydrogen) atoms. The molecule has 1 unspecified atom stereocenters. The van der Waals surface area contributed by atoms with Crippen molar-refractivity contribution in [3.05, 3.63) is 29.3 Å². The van der Waals surface area contributed by atoms with Crippen LogP contribution in [0.15, 0.2) is 23.4 Å². The Bertz CT molecular complexity index is 782. The Kier molecular flexibility index (Phi) is 6.52. The standard InChI is InChI=1S/C20H29N5OS/c1-13(2)17-12-8-9-14(3)18(17)21-19(26)15(4)27-20-22-23-24-25(20)16-10-6-5-7-11-16/h8-9,12-13,15-16H,5-7,10-11H2,1-4H3,(H,21,26). The zero-order valence-corrected chi connectivity index (χ0v) is 17.4. The molecule has 1 aromatic heterocycles. The first-order valence-corrected chi connectivity index (χ1v) is 10.7. The minimum atomic E-state index is -0.280. The molecule has 1 heterocycles. The molecule has 1 aromatic carbocycles. The number of anilines is 1. The third-order valence-electron chi connectivity index (χ3n) is 5.21. The minimum Gasteiger partial charge on any atom is -0.325 e. The fraction of sp³-hybridized carbons (Fsp3) is 0.600. The summed E-state index contributed by atoms with van der Waals surface area (Å²) in [5, 5.41) is 15.8. The maximum Gasteiger partial charge on any atom is 0.237 e.